The lowest BCUT2D eigenvalue weighted by atomic mass is 9.90. The topological polar surface area (TPSA) is 41.1 Å². The van der Waals surface area contributed by atoms with E-state index in [1.807, 2.05) is 0 Å². The molecule has 1 rings (SSSR count). The third-order valence-corrected chi connectivity index (χ3v) is 3.85. The van der Waals surface area contributed by atoms with E-state index in [9.17, 15) is 4.79 Å². The molecule has 0 aromatic rings. The van der Waals surface area contributed by atoms with Gasteiger partial charge in [0.15, 0.2) is 0 Å². The summed E-state index contributed by atoms with van der Waals surface area (Å²) < 4.78 is 0. The maximum atomic E-state index is 11.8. The van der Waals surface area contributed by atoms with E-state index in [0.717, 1.165) is 31.7 Å². The third-order valence-electron chi connectivity index (χ3n) is 3.85. The molecule has 1 aliphatic carbocycles. The summed E-state index contributed by atoms with van der Waals surface area (Å²) in [6.07, 6.45) is 5.69. The molecule has 0 bridgehead atoms. The minimum atomic E-state index is 0. The molecule has 0 aromatic heterocycles. The Morgan fingerprint density at radius 1 is 1.18 bits per heavy atom. The van der Waals surface area contributed by atoms with E-state index in [1.165, 1.54) is 12.8 Å². The van der Waals surface area contributed by atoms with Crippen LogP contribution < -0.4 is 10.6 Å². The first-order valence-corrected chi connectivity index (χ1v) is 6.67. The number of rotatable bonds is 8. The normalized spacial score (nSPS) is 15.2. The van der Waals surface area contributed by atoms with Gasteiger partial charge in [0, 0.05) is 5.54 Å². The molecule has 4 heteroatoms. The van der Waals surface area contributed by atoms with Crippen LogP contribution >= 0.6 is 12.4 Å². The van der Waals surface area contributed by atoms with Crippen molar-refractivity contribution in [1.82, 2.24) is 10.6 Å². The van der Waals surface area contributed by atoms with Crippen molar-refractivity contribution in [2.75, 3.05) is 13.1 Å². The van der Waals surface area contributed by atoms with Crippen molar-refractivity contribution < 1.29 is 4.79 Å². The van der Waals surface area contributed by atoms with E-state index in [-0.39, 0.29) is 23.9 Å². The summed E-state index contributed by atoms with van der Waals surface area (Å²) in [6.45, 7) is 7.91. The largest absolute Gasteiger partial charge is 0.350 e. The second kappa shape index (κ2) is 7.93. The van der Waals surface area contributed by atoms with Crippen LogP contribution in [0.15, 0.2) is 0 Å². The van der Waals surface area contributed by atoms with Gasteiger partial charge in [0.1, 0.15) is 0 Å². The molecule has 2 N–H and O–H groups in total. The molecule has 3 nitrogen and oxygen atoms in total. The van der Waals surface area contributed by atoms with E-state index in [0.29, 0.717) is 6.54 Å². The van der Waals surface area contributed by atoms with Crippen molar-refractivity contribution >= 4 is 18.3 Å². The van der Waals surface area contributed by atoms with Crippen LogP contribution in [0.5, 0.6) is 0 Å². The Balaban J connectivity index is 0.00000256. The zero-order valence-corrected chi connectivity index (χ0v) is 12.2. The van der Waals surface area contributed by atoms with Crippen LogP contribution in [0, 0.1) is 5.92 Å². The van der Waals surface area contributed by atoms with Gasteiger partial charge in [-0.05, 0) is 44.6 Å². The maximum Gasteiger partial charge on any atom is 0.234 e. The van der Waals surface area contributed by atoms with Crippen LogP contribution in [0.3, 0.4) is 0 Å². The SMILES string of the molecule is CCC(CC)(CC)NC(=O)CNCC1CC1.Cl. The van der Waals surface area contributed by atoms with Crippen LogP contribution in [0.4, 0.5) is 0 Å². The lowest BCUT2D eigenvalue weighted by molar-refractivity contribution is -0.122. The van der Waals surface area contributed by atoms with Gasteiger partial charge in [-0.15, -0.1) is 12.4 Å². The summed E-state index contributed by atoms with van der Waals surface area (Å²) in [4.78, 5) is 11.8. The molecule has 1 amide bonds. The highest BCUT2D eigenvalue weighted by molar-refractivity contribution is 5.85. The minimum absolute atomic E-state index is 0. The Morgan fingerprint density at radius 2 is 1.71 bits per heavy atom. The van der Waals surface area contributed by atoms with Gasteiger partial charge >= 0.3 is 0 Å². The summed E-state index contributed by atoms with van der Waals surface area (Å²) in [6, 6.07) is 0. The summed E-state index contributed by atoms with van der Waals surface area (Å²) in [5, 5.41) is 6.40. The summed E-state index contributed by atoms with van der Waals surface area (Å²) >= 11 is 0. The van der Waals surface area contributed by atoms with Gasteiger partial charge in [0.05, 0.1) is 6.54 Å². The zero-order valence-electron chi connectivity index (χ0n) is 11.3. The van der Waals surface area contributed by atoms with E-state index in [1.54, 1.807) is 0 Å². The second-order valence-electron chi connectivity index (χ2n) is 4.96. The predicted molar refractivity (Wildman–Crippen MR) is 74.6 cm³/mol. The average molecular weight is 263 g/mol. The quantitative estimate of drug-likeness (QED) is 0.706. The van der Waals surface area contributed by atoms with Crippen molar-refractivity contribution in [3.05, 3.63) is 0 Å². The van der Waals surface area contributed by atoms with E-state index in [4.69, 9.17) is 0 Å². The molecule has 102 valence electrons. The number of hydrogen-bond acceptors (Lipinski definition) is 2. The van der Waals surface area contributed by atoms with E-state index in [2.05, 4.69) is 31.4 Å². The van der Waals surface area contributed by atoms with Crippen molar-refractivity contribution in [2.45, 2.75) is 58.4 Å². The summed E-state index contributed by atoms with van der Waals surface area (Å²) in [5.74, 6) is 0.979. The molecule has 0 radical (unpaired) electrons. The fourth-order valence-electron chi connectivity index (χ4n) is 2.07. The molecular weight excluding hydrogens is 236 g/mol. The van der Waals surface area contributed by atoms with Gasteiger partial charge in [-0.1, -0.05) is 20.8 Å². The molecule has 0 atom stereocenters. The predicted octanol–water partition coefficient (Wildman–Crippen LogP) is 2.49. The summed E-state index contributed by atoms with van der Waals surface area (Å²) in [7, 11) is 0. The first-order chi connectivity index (χ1) is 7.65. The third kappa shape index (κ3) is 5.73. The van der Waals surface area contributed by atoms with Crippen LogP contribution in [0.1, 0.15) is 52.9 Å². The molecule has 0 aromatic carbocycles. The Bertz CT molecular complexity index is 217. The standard InChI is InChI=1S/C13H26N2O.ClH/c1-4-13(5-2,6-3)15-12(16)10-14-9-11-7-8-11;/h11,14H,4-10H2,1-3H3,(H,15,16);1H. The highest BCUT2D eigenvalue weighted by Gasteiger charge is 2.26. The highest BCUT2D eigenvalue weighted by atomic mass is 35.5. The molecule has 0 spiro atoms. The minimum Gasteiger partial charge on any atom is -0.350 e. The molecule has 0 unspecified atom stereocenters. The van der Waals surface area contributed by atoms with Gasteiger partial charge in [-0.2, -0.15) is 0 Å². The molecule has 1 fully saturated rings. The average Bonchev–Trinajstić information content (AvgIpc) is 3.10. The van der Waals surface area contributed by atoms with Crippen LogP contribution in [0.25, 0.3) is 0 Å². The lowest BCUT2D eigenvalue weighted by Crippen LogP contribution is -2.50. The van der Waals surface area contributed by atoms with Crippen molar-refractivity contribution in [3.63, 3.8) is 0 Å². The number of carbonyl (C=O) groups is 1. The Hall–Kier alpha value is -0.280. The Morgan fingerprint density at radius 3 is 2.12 bits per heavy atom. The number of halogens is 1. The Kier molecular flexibility index (Phi) is 7.80. The monoisotopic (exact) mass is 262 g/mol. The molecular formula is C13H27ClN2O. The van der Waals surface area contributed by atoms with Gasteiger partial charge in [-0.25, -0.2) is 0 Å². The number of carbonyl (C=O) groups excluding carboxylic acids is 1. The molecule has 17 heavy (non-hydrogen) atoms. The second-order valence-corrected chi connectivity index (χ2v) is 4.96. The number of nitrogens with one attached hydrogen (secondary N) is 2. The Labute approximate surface area is 112 Å². The van der Waals surface area contributed by atoms with Crippen molar-refractivity contribution in [2.24, 2.45) is 5.92 Å². The first kappa shape index (κ1) is 16.7. The molecule has 0 saturated heterocycles. The van der Waals surface area contributed by atoms with Crippen LogP contribution in [0.2, 0.25) is 0 Å². The summed E-state index contributed by atoms with van der Waals surface area (Å²) in [5.41, 5.74) is 0.0122. The van der Waals surface area contributed by atoms with Crippen LogP contribution in [-0.4, -0.2) is 24.5 Å². The molecule has 1 aliphatic rings. The zero-order chi connectivity index (χ0) is 12.0. The van der Waals surface area contributed by atoms with Gasteiger partial charge in [0.2, 0.25) is 5.91 Å². The van der Waals surface area contributed by atoms with Crippen molar-refractivity contribution in [1.29, 1.82) is 0 Å². The van der Waals surface area contributed by atoms with Gasteiger partial charge in [-0.3, -0.25) is 4.79 Å². The molecule has 0 aliphatic heterocycles. The van der Waals surface area contributed by atoms with Crippen LogP contribution in [-0.2, 0) is 4.79 Å². The van der Waals surface area contributed by atoms with E-state index >= 15 is 0 Å². The molecule has 1 saturated carbocycles. The number of amides is 1. The smallest absolute Gasteiger partial charge is 0.234 e. The fourth-order valence-corrected chi connectivity index (χ4v) is 2.07. The lowest BCUT2D eigenvalue weighted by Gasteiger charge is -2.31. The van der Waals surface area contributed by atoms with Crippen molar-refractivity contribution in [3.8, 4) is 0 Å². The van der Waals surface area contributed by atoms with E-state index < -0.39 is 0 Å². The first-order valence-electron chi connectivity index (χ1n) is 6.67. The highest BCUT2D eigenvalue weighted by Crippen LogP contribution is 2.27. The number of hydrogen-bond donors (Lipinski definition) is 2. The molecule has 0 heterocycles. The fraction of sp³-hybridized carbons (Fsp3) is 0.923. The van der Waals surface area contributed by atoms with Gasteiger partial charge < -0.3 is 10.6 Å². The maximum absolute atomic E-state index is 11.8. The van der Waals surface area contributed by atoms with Gasteiger partial charge in [0.25, 0.3) is 0 Å².